The summed E-state index contributed by atoms with van der Waals surface area (Å²) < 4.78 is 1.19. The highest BCUT2D eigenvalue weighted by molar-refractivity contribution is 9.11. The van der Waals surface area contributed by atoms with Crippen LogP contribution in [0.5, 0.6) is 0 Å². The van der Waals surface area contributed by atoms with Crippen LogP contribution >= 0.6 is 27.3 Å². The Morgan fingerprint density at radius 3 is 2.84 bits per heavy atom. The standard InChI is InChI=1S/C15H19BrN2S/c1-3-6-18-14(8-13-4-5-15(16)19-13)12-7-11(2)9-17-10-12/h4-5,7,9-10,14,18H,3,6,8H2,1-2H3. The van der Waals surface area contributed by atoms with E-state index in [2.05, 4.69) is 58.3 Å². The third kappa shape index (κ3) is 4.41. The smallest absolute Gasteiger partial charge is 0.0701 e. The minimum absolute atomic E-state index is 0.345. The molecule has 1 N–H and O–H groups in total. The van der Waals surface area contributed by atoms with Gasteiger partial charge in [0.15, 0.2) is 0 Å². The number of halogens is 1. The fourth-order valence-electron chi connectivity index (χ4n) is 2.06. The number of nitrogens with zero attached hydrogens (tertiary/aromatic N) is 1. The highest BCUT2D eigenvalue weighted by atomic mass is 79.9. The van der Waals surface area contributed by atoms with Crippen LogP contribution in [-0.4, -0.2) is 11.5 Å². The fraction of sp³-hybridized carbons (Fsp3) is 0.400. The molecule has 0 spiro atoms. The summed E-state index contributed by atoms with van der Waals surface area (Å²) >= 11 is 5.33. The third-order valence-corrected chi connectivity index (χ3v) is 4.62. The Bertz CT molecular complexity index is 524. The highest BCUT2D eigenvalue weighted by Crippen LogP contribution is 2.27. The summed E-state index contributed by atoms with van der Waals surface area (Å²) in [6.45, 7) is 5.32. The Morgan fingerprint density at radius 1 is 1.37 bits per heavy atom. The van der Waals surface area contributed by atoms with E-state index in [0.29, 0.717) is 6.04 Å². The molecule has 0 aromatic carbocycles. The zero-order valence-corrected chi connectivity index (χ0v) is 13.7. The predicted molar refractivity (Wildman–Crippen MR) is 85.7 cm³/mol. The van der Waals surface area contributed by atoms with Crippen molar-refractivity contribution < 1.29 is 0 Å². The predicted octanol–water partition coefficient (Wildman–Crippen LogP) is 4.50. The molecule has 0 aliphatic heterocycles. The minimum Gasteiger partial charge on any atom is -0.310 e. The SMILES string of the molecule is CCCNC(Cc1ccc(Br)s1)c1cncc(C)c1. The van der Waals surface area contributed by atoms with E-state index in [9.17, 15) is 0 Å². The lowest BCUT2D eigenvalue weighted by Gasteiger charge is -2.18. The summed E-state index contributed by atoms with van der Waals surface area (Å²) in [4.78, 5) is 5.70. The van der Waals surface area contributed by atoms with E-state index in [1.165, 1.54) is 19.8 Å². The molecule has 2 nitrogen and oxygen atoms in total. The van der Waals surface area contributed by atoms with Gasteiger partial charge >= 0.3 is 0 Å². The molecule has 0 bridgehead atoms. The second-order valence-corrected chi connectivity index (χ2v) is 7.26. The second-order valence-electron chi connectivity index (χ2n) is 4.71. The van der Waals surface area contributed by atoms with Crippen molar-refractivity contribution in [1.82, 2.24) is 10.3 Å². The van der Waals surface area contributed by atoms with E-state index < -0.39 is 0 Å². The normalized spacial score (nSPS) is 12.6. The van der Waals surface area contributed by atoms with Crippen LogP contribution in [0.25, 0.3) is 0 Å². The van der Waals surface area contributed by atoms with Gasteiger partial charge in [0.1, 0.15) is 0 Å². The third-order valence-electron chi connectivity index (χ3n) is 2.97. The molecule has 0 aliphatic carbocycles. The van der Waals surface area contributed by atoms with Crippen LogP contribution in [0.15, 0.2) is 34.4 Å². The molecule has 102 valence electrons. The Morgan fingerprint density at radius 2 is 2.21 bits per heavy atom. The quantitative estimate of drug-likeness (QED) is 0.838. The lowest BCUT2D eigenvalue weighted by Crippen LogP contribution is -2.24. The first-order valence-corrected chi connectivity index (χ1v) is 8.19. The van der Waals surface area contributed by atoms with Gasteiger partial charge in [0, 0.05) is 29.7 Å². The van der Waals surface area contributed by atoms with Gasteiger partial charge in [-0.2, -0.15) is 0 Å². The molecular weight excluding hydrogens is 320 g/mol. The van der Waals surface area contributed by atoms with Gasteiger partial charge in [0.05, 0.1) is 3.79 Å². The summed E-state index contributed by atoms with van der Waals surface area (Å²) in [7, 11) is 0. The average Bonchev–Trinajstić information content (AvgIpc) is 2.80. The molecule has 0 amide bonds. The van der Waals surface area contributed by atoms with Gasteiger partial charge in [-0.15, -0.1) is 11.3 Å². The van der Waals surface area contributed by atoms with Crippen LogP contribution in [0.1, 0.15) is 35.4 Å². The molecule has 4 heteroatoms. The van der Waals surface area contributed by atoms with Crippen LogP contribution in [-0.2, 0) is 6.42 Å². The van der Waals surface area contributed by atoms with Crippen LogP contribution < -0.4 is 5.32 Å². The van der Waals surface area contributed by atoms with E-state index in [1.807, 2.05) is 12.4 Å². The van der Waals surface area contributed by atoms with Crippen LogP contribution in [0.2, 0.25) is 0 Å². The summed E-state index contributed by atoms with van der Waals surface area (Å²) in [6, 6.07) is 6.88. The van der Waals surface area contributed by atoms with Crippen molar-refractivity contribution in [1.29, 1.82) is 0 Å². The number of aromatic nitrogens is 1. The van der Waals surface area contributed by atoms with Gasteiger partial charge < -0.3 is 5.32 Å². The van der Waals surface area contributed by atoms with Gasteiger partial charge in [-0.05, 0) is 59.1 Å². The monoisotopic (exact) mass is 338 g/mol. The van der Waals surface area contributed by atoms with Crippen molar-refractivity contribution in [3.8, 4) is 0 Å². The molecule has 0 radical (unpaired) electrons. The second kappa shape index (κ2) is 7.17. The van der Waals surface area contributed by atoms with Crippen LogP contribution in [0.4, 0.5) is 0 Å². The number of nitrogens with one attached hydrogen (secondary N) is 1. The fourth-order valence-corrected chi connectivity index (χ4v) is 3.59. The number of hydrogen-bond acceptors (Lipinski definition) is 3. The number of aryl methyl sites for hydroxylation is 1. The van der Waals surface area contributed by atoms with E-state index in [0.717, 1.165) is 19.4 Å². The zero-order chi connectivity index (χ0) is 13.7. The maximum Gasteiger partial charge on any atom is 0.0701 e. The molecule has 2 heterocycles. The molecule has 1 unspecified atom stereocenters. The van der Waals surface area contributed by atoms with Gasteiger partial charge in [-0.25, -0.2) is 0 Å². The van der Waals surface area contributed by atoms with Crippen molar-refractivity contribution >= 4 is 27.3 Å². The molecule has 0 fully saturated rings. The van der Waals surface area contributed by atoms with Crippen molar-refractivity contribution in [2.45, 2.75) is 32.7 Å². The van der Waals surface area contributed by atoms with Gasteiger partial charge in [-0.3, -0.25) is 4.98 Å². The first-order chi connectivity index (χ1) is 9.19. The summed E-state index contributed by atoms with van der Waals surface area (Å²) in [5.41, 5.74) is 2.49. The van der Waals surface area contributed by atoms with Crippen LogP contribution in [0, 0.1) is 6.92 Å². The van der Waals surface area contributed by atoms with E-state index in [4.69, 9.17) is 0 Å². The molecule has 2 aromatic rings. The lowest BCUT2D eigenvalue weighted by atomic mass is 10.0. The summed E-state index contributed by atoms with van der Waals surface area (Å²) in [6.07, 6.45) is 6.04. The van der Waals surface area contributed by atoms with E-state index in [-0.39, 0.29) is 0 Å². The molecule has 2 rings (SSSR count). The minimum atomic E-state index is 0.345. The molecule has 0 saturated heterocycles. The Balaban J connectivity index is 2.15. The average molecular weight is 339 g/mol. The van der Waals surface area contributed by atoms with E-state index in [1.54, 1.807) is 11.3 Å². The van der Waals surface area contributed by atoms with Crippen molar-refractivity contribution in [3.05, 3.63) is 50.4 Å². The summed E-state index contributed by atoms with van der Waals surface area (Å²) in [5.74, 6) is 0. The highest BCUT2D eigenvalue weighted by Gasteiger charge is 2.13. The Kier molecular flexibility index (Phi) is 5.55. The van der Waals surface area contributed by atoms with Gasteiger partial charge in [-0.1, -0.05) is 13.0 Å². The first-order valence-electron chi connectivity index (χ1n) is 6.58. The largest absolute Gasteiger partial charge is 0.310 e. The topological polar surface area (TPSA) is 24.9 Å². The van der Waals surface area contributed by atoms with Crippen molar-refractivity contribution in [2.75, 3.05) is 6.54 Å². The van der Waals surface area contributed by atoms with Gasteiger partial charge in [0.2, 0.25) is 0 Å². The Hall–Kier alpha value is -0.710. The number of rotatable bonds is 6. The first kappa shape index (κ1) is 14.7. The van der Waals surface area contributed by atoms with E-state index >= 15 is 0 Å². The Labute approximate surface area is 127 Å². The van der Waals surface area contributed by atoms with Crippen molar-refractivity contribution in [3.63, 3.8) is 0 Å². The maximum atomic E-state index is 4.31. The number of thiophene rings is 1. The zero-order valence-electron chi connectivity index (χ0n) is 11.3. The number of pyridine rings is 1. The summed E-state index contributed by atoms with van der Waals surface area (Å²) in [5, 5.41) is 3.62. The molecule has 0 aliphatic rings. The van der Waals surface area contributed by atoms with Gasteiger partial charge in [0.25, 0.3) is 0 Å². The molecule has 0 saturated carbocycles. The van der Waals surface area contributed by atoms with Crippen LogP contribution in [0.3, 0.4) is 0 Å². The van der Waals surface area contributed by atoms with Crippen molar-refractivity contribution in [2.24, 2.45) is 0 Å². The molecule has 1 atom stereocenters. The lowest BCUT2D eigenvalue weighted by molar-refractivity contribution is 0.530. The molecular formula is C15H19BrN2S. The molecule has 2 aromatic heterocycles. The number of hydrogen-bond donors (Lipinski definition) is 1. The maximum absolute atomic E-state index is 4.31. The molecule has 19 heavy (non-hydrogen) atoms.